The van der Waals surface area contributed by atoms with Crippen LogP contribution in [0.5, 0.6) is 0 Å². The molecule has 1 heterocycles. The molecule has 104 valence electrons. The average molecular weight is 281 g/mol. The Kier molecular flexibility index (Phi) is 4.32. The smallest absolute Gasteiger partial charge is 0.126 e. The molecule has 1 atom stereocenters. The summed E-state index contributed by atoms with van der Waals surface area (Å²) in [5, 5.41) is 8.30. The maximum atomic E-state index is 7.74. The number of nitrogens with one attached hydrogen (secondary N) is 1. The summed E-state index contributed by atoms with van der Waals surface area (Å²) < 4.78 is 0. The summed E-state index contributed by atoms with van der Waals surface area (Å²) in [6, 6.07) is 6.19. The third kappa shape index (κ3) is 3.01. The highest BCUT2D eigenvalue weighted by molar-refractivity contribution is 6.34. The molecule has 1 aliphatic rings. The Labute approximate surface area is 119 Å². The molecule has 1 unspecified atom stereocenters. The summed E-state index contributed by atoms with van der Waals surface area (Å²) in [4.78, 5) is 4.53. The molecule has 0 spiro atoms. The number of halogens is 1. The molecular formula is C14H21ClN4. The van der Waals surface area contributed by atoms with Gasteiger partial charge < -0.3 is 15.5 Å². The van der Waals surface area contributed by atoms with Gasteiger partial charge in [-0.3, -0.25) is 5.41 Å². The minimum Gasteiger partial charge on any atom is -0.384 e. The highest BCUT2D eigenvalue weighted by Gasteiger charge is 2.27. The first-order valence-electron chi connectivity index (χ1n) is 6.55. The van der Waals surface area contributed by atoms with Crippen molar-refractivity contribution in [3.05, 3.63) is 28.8 Å². The Morgan fingerprint density at radius 1 is 1.53 bits per heavy atom. The lowest BCUT2D eigenvalue weighted by Gasteiger charge is -2.30. The number of anilines is 1. The van der Waals surface area contributed by atoms with E-state index in [1.807, 2.05) is 12.1 Å². The first-order valence-corrected chi connectivity index (χ1v) is 6.92. The van der Waals surface area contributed by atoms with Crippen molar-refractivity contribution in [2.24, 2.45) is 5.73 Å². The third-order valence-electron chi connectivity index (χ3n) is 3.52. The standard InChI is InChI=1S/C14H21ClN4/c1-18(2)9-10-5-4-8-19(10)12-7-3-6-11(15)13(12)14(16)17/h3,6-7,10H,4-5,8-9H2,1-2H3,(H3,16,17). The van der Waals surface area contributed by atoms with E-state index in [1.165, 1.54) is 12.8 Å². The molecule has 1 fully saturated rings. The van der Waals surface area contributed by atoms with E-state index >= 15 is 0 Å². The second-order valence-corrected chi connectivity index (χ2v) is 5.71. The molecule has 0 radical (unpaired) electrons. The van der Waals surface area contributed by atoms with Crippen molar-refractivity contribution in [2.45, 2.75) is 18.9 Å². The lowest BCUT2D eigenvalue weighted by atomic mass is 10.1. The molecule has 1 aliphatic heterocycles. The molecule has 0 aromatic heterocycles. The van der Waals surface area contributed by atoms with E-state index in [4.69, 9.17) is 22.7 Å². The van der Waals surface area contributed by atoms with Crippen molar-refractivity contribution in [3.63, 3.8) is 0 Å². The molecule has 3 N–H and O–H groups in total. The Balaban J connectivity index is 2.35. The van der Waals surface area contributed by atoms with Gasteiger partial charge in [0.15, 0.2) is 0 Å². The first-order chi connectivity index (χ1) is 9.00. The predicted octanol–water partition coefficient (Wildman–Crippen LogP) is 2.15. The fourth-order valence-corrected chi connectivity index (χ4v) is 3.05. The van der Waals surface area contributed by atoms with Crippen LogP contribution in [0.25, 0.3) is 0 Å². The molecule has 19 heavy (non-hydrogen) atoms. The summed E-state index contributed by atoms with van der Waals surface area (Å²) in [5.41, 5.74) is 7.34. The predicted molar refractivity (Wildman–Crippen MR) is 81.4 cm³/mol. The molecule has 0 saturated carbocycles. The van der Waals surface area contributed by atoms with Crippen LogP contribution in [0.1, 0.15) is 18.4 Å². The molecule has 0 bridgehead atoms. The highest BCUT2D eigenvalue weighted by Crippen LogP contribution is 2.32. The number of hydrogen-bond donors (Lipinski definition) is 2. The molecule has 5 heteroatoms. The van der Waals surface area contributed by atoms with E-state index in [9.17, 15) is 0 Å². The summed E-state index contributed by atoms with van der Waals surface area (Å²) >= 11 is 6.20. The monoisotopic (exact) mass is 280 g/mol. The van der Waals surface area contributed by atoms with Gasteiger partial charge in [0.2, 0.25) is 0 Å². The van der Waals surface area contributed by atoms with Crippen LogP contribution >= 0.6 is 11.6 Å². The quantitative estimate of drug-likeness (QED) is 0.656. The largest absolute Gasteiger partial charge is 0.384 e. The maximum absolute atomic E-state index is 7.74. The number of hydrogen-bond acceptors (Lipinski definition) is 3. The van der Waals surface area contributed by atoms with E-state index in [0.29, 0.717) is 16.6 Å². The van der Waals surface area contributed by atoms with Gasteiger partial charge >= 0.3 is 0 Å². The zero-order chi connectivity index (χ0) is 14.0. The summed E-state index contributed by atoms with van der Waals surface area (Å²) in [6.45, 7) is 2.00. The minimum atomic E-state index is 0.0381. The summed E-state index contributed by atoms with van der Waals surface area (Å²) in [5.74, 6) is 0.0381. The number of benzene rings is 1. The normalized spacial score (nSPS) is 19.2. The van der Waals surface area contributed by atoms with Crippen molar-refractivity contribution in [3.8, 4) is 0 Å². The van der Waals surface area contributed by atoms with E-state index in [2.05, 4.69) is 23.9 Å². The molecule has 4 nitrogen and oxygen atoms in total. The van der Waals surface area contributed by atoms with Crippen molar-refractivity contribution in [1.82, 2.24) is 4.90 Å². The zero-order valence-corrected chi connectivity index (χ0v) is 12.2. The van der Waals surface area contributed by atoms with Gasteiger partial charge in [0.25, 0.3) is 0 Å². The second-order valence-electron chi connectivity index (χ2n) is 5.30. The fraction of sp³-hybridized carbons (Fsp3) is 0.500. The van der Waals surface area contributed by atoms with Crippen LogP contribution < -0.4 is 10.6 Å². The Morgan fingerprint density at radius 2 is 2.26 bits per heavy atom. The second kappa shape index (κ2) is 5.80. The molecular weight excluding hydrogens is 260 g/mol. The van der Waals surface area contributed by atoms with Gasteiger partial charge in [0.1, 0.15) is 5.84 Å². The number of amidine groups is 1. The van der Waals surface area contributed by atoms with Crippen molar-refractivity contribution in [1.29, 1.82) is 5.41 Å². The maximum Gasteiger partial charge on any atom is 0.126 e. The Morgan fingerprint density at radius 3 is 2.89 bits per heavy atom. The summed E-state index contributed by atoms with van der Waals surface area (Å²) in [7, 11) is 4.17. The lowest BCUT2D eigenvalue weighted by Crippen LogP contribution is -2.38. The van der Waals surface area contributed by atoms with Crippen LogP contribution in [0.3, 0.4) is 0 Å². The van der Waals surface area contributed by atoms with Gasteiger partial charge in [0, 0.05) is 24.8 Å². The molecule has 2 rings (SSSR count). The van der Waals surface area contributed by atoms with Crippen molar-refractivity contribution in [2.75, 3.05) is 32.1 Å². The van der Waals surface area contributed by atoms with Gasteiger partial charge in [-0.05, 0) is 39.1 Å². The van der Waals surface area contributed by atoms with Gasteiger partial charge in [-0.1, -0.05) is 17.7 Å². The van der Waals surface area contributed by atoms with Crippen LogP contribution in [-0.4, -0.2) is 44.0 Å². The van der Waals surface area contributed by atoms with E-state index in [-0.39, 0.29) is 5.84 Å². The molecule has 0 aliphatic carbocycles. The Hall–Kier alpha value is -1.26. The summed E-state index contributed by atoms with van der Waals surface area (Å²) in [6.07, 6.45) is 2.34. The van der Waals surface area contributed by atoms with Crippen LogP contribution in [0.2, 0.25) is 5.02 Å². The van der Waals surface area contributed by atoms with E-state index in [1.54, 1.807) is 6.07 Å². The van der Waals surface area contributed by atoms with Gasteiger partial charge in [0.05, 0.1) is 10.6 Å². The lowest BCUT2D eigenvalue weighted by molar-refractivity contribution is 0.372. The highest BCUT2D eigenvalue weighted by atomic mass is 35.5. The number of nitrogens with zero attached hydrogens (tertiary/aromatic N) is 2. The van der Waals surface area contributed by atoms with E-state index in [0.717, 1.165) is 18.8 Å². The van der Waals surface area contributed by atoms with Gasteiger partial charge in [-0.2, -0.15) is 0 Å². The average Bonchev–Trinajstić information content (AvgIpc) is 2.75. The SMILES string of the molecule is CN(C)CC1CCCN1c1cccc(Cl)c1C(=N)N. The Bertz CT molecular complexity index is 473. The van der Waals surface area contributed by atoms with Crippen molar-refractivity contribution >= 4 is 23.1 Å². The number of nitrogens with two attached hydrogens (primary N) is 1. The fourth-order valence-electron chi connectivity index (χ4n) is 2.78. The van der Waals surface area contributed by atoms with Crippen LogP contribution in [-0.2, 0) is 0 Å². The van der Waals surface area contributed by atoms with Crippen LogP contribution in [0, 0.1) is 5.41 Å². The van der Waals surface area contributed by atoms with Crippen LogP contribution in [0.15, 0.2) is 18.2 Å². The topological polar surface area (TPSA) is 56.4 Å². The van der Waals surface area contributed by atoms with Crippen molar-refractivity contribution < 1.29 is 0 Å². The molecule has 0 amide bonds. The van der Waals surface area contributed by atoms with Gasteiger partial charge in [-0.15, -0.1) is 0 Å². The number of likely N-dealkylation sites (N-methyl/N-ethyl adjacent to an activating group) is 1. The molecule has 1 aromatic rings. The zero-order valence-electron chi connectivity index (χ0n) is 11.5. The first kappa shape index (κ1) is 14.2. The van der Waals surface area contributed by atoms with E-state index < -0.39 is 0 Å². The molecule has 1 saturated heterocycles. The number of nitrogen functional groups attached to an aromatic ring is 1. The number of rotatable bonds is 4. The van der Waals surface area contributed by atoms with Gasteiger partial charge in [-0.25, -0.2) is 0 Å². The van der Waals surface area contributed by atoms with Crippen LogP contribution in [0.4, 0.5) is 5.69 Å². The molecule has 1 aromatic carbocycles. The minimum absolute atomic E-state index is 0.0381. The third-order valence-corrected chi connectivity index (χ3v) is 3.84.